The van der Waals surface area contributed by atoms with Crippen LogP contribution in [0.3, 0.4) is 0 Å². The van der Waals surface area contributed by atoms with E-state index in [0.29, 0.717) is 6.04 Å². The second kappa shape index (κ2) is 6.27. The first kappa shape index (κ1) is 14.1. The van der Waals surface area contributed by atoms with Gasteiger partial charge in [-0.05, 0) is 42.0 Å². The van der Waals surface area contributed by atoms with Gasteiger partial charge in [0.25, 0.3) is 0 Å². The summed E-state index contributed by atoms with van der Waals surface area (Å²) >= 11 is 0. The first-order valence-corrected chi connectivity index (χ1v) is 7.73. The lowest BCUT2D eigenvalue weighted by atomic mass is 9.85. The number of nitrogens with two attached hydrogens (primary N) is 1. The Morgan fingerprint density at radius 3 is 2.52 bits per heavy atom. The Kier molecular flexibility index (Phi) is 4.20. The number of rotatable bonds is 4. The number of hydrogen-bond donors (Lipinski definition) is 2. The van der Waals surface area contributed by atoms with E-state index < -0.39 is 0 Å². The van der Waals surface area contributed by atoms with Gasteiger partial charge in [0.2, 0.25) is 5.91 Å². The van der Waals surface area contributed by atoms with Crippen LogP contribution < -0.4 is 11.1 Å². The third-order valence-corrected chi connectivity index (χ3v) is 4.59. The minimum absolute atomic E-state index is 0.0839. The Hall–Kier alpha value is -1.87. The average Bonchev–Trinajstić information content (AvgIpc) is 2.53. The molecule has 0 atom stereocenters. The molecule has 1 saturated carbocycles. The van der Waals surface area contributed by atoms with E-state index in [1.807, 2.05) is 0 Å². The molecule has 0 unspecified atom stereocenters. The molecule has 1 amide bonds. The molecule has 0 saturated heterocycles. The second-order valence-electron chi connectivity index (χ2n) is 5.97. The summed E-state index contributed by atoms with van der Waals surface area (Å²) in [4.78, 5) is 11.2. The summed E-state index contributed by atoms with van der Waals surface area (Å²) in [6.07, 6.45) is 3.92. The van der Waals surface area contributed by atoms with Crippen LogP contribution in [-0.2, 0) is 11.3 Å². The fourth-order valence-electron chi connectivity index (χ4n) is 3.28. The van der Waals surface area contributed by atoms with Crippen LogP contribution in [0.5, 0.6) is 0 Å². The van der Waals surface area contributed by atoms with Gasteiger partial charge in [-0.15, -0.1) is 0 Å². The largest absolute Gasteiger partial charge is 0.369 e. The monoisotopic (exact) mass is 282 g/mol. The number of hydrogen-bond acceptors (Lipinski definition) is 2. The van der Waals surface area contributed by atoms with Crippen LogP contribution in [0.2, 0.25) is 0 Å². The smallest absolute Gasteiger partial charge is 0.220 e. The van der Waals surface area contributed by atoms with Gasteiger partial charge >= 0.3 is 0 Å². The Morgan fingerprint density at radius 1 is 1.05 bits per heavy atom. The molecule has 0 aliphatic heterocycles. The SMILES string of the molecule is NC(=O)C1CCC(NCc2cccc3ccccc23)CC1. The summed E-state index contributed by atoms with van der Waals surface area (Å²) in [6, 6.07) is 15.4. The first-order valence-electron chi connectivity index (χ1n) is 7.73. The number of fused-ring (bicyclic) bond motifs is 1. The molecular formula is C18H22N2O. The zero-order chi connectivity index (χ0) is 14.7. The molecule has 0 radical (unpaired) electrons. The van der Waals surface area contributed by atoms with Crippen LogP contribution in [0.1, 0.15) is 31.2 Å². The molecule has 2 aromatic rings. The minimum atomic E-state index is -0.137. The van der Waals surface area contributed by atoms with Crippen molar-refractivity contribution in [3.05, 3.63) is 48.0 Å². The van der Waals surface area contributed by atoms with Gasteiger partial charge in [0.15, 0.2) is 0 Å². The highest BCUT2D eigenvalue weighted by molar-refractivity contribution is 5.85. The summed E-state index contributed by atoms with van der Waals surface area (Å²) in [7, 11) is 0. The van der Waals surface area contributed by atoms with E-state index >= 15 is 0 Å². The van der Waals surface area contributed by atoms with Gasteiger partial charge in [0.1, 0.15) is 0 Å². The molecule has 0 spiro atoms. The molecule has 1 fully saturated rings. The number of carbonyl (C=O) groups excluding carboxylic acids is 1. The zero-order valence-corrected chi connectivity index (χ0v) is 12.2. The van der Waals surface area contributed by atoms with Crippen LogP contribution in [0, 0.1) is 5.92 Å². The highest BCUT2D eigenvalue weighted by Crippen LogP contribution is 2.25. The topological polar surface area (TPSA) is 55.1 Å². The van der Waals surface area contributed by atoms with Crippen LogP contribution in [-0.4, -0.2) is 11.9 Å². The molecule has 1 aliphatic rings. The lowest BCUT2D eigenvalue weighted by Crippen LogP contribution is -2.36. The molecule has 0 aromatic heterocycles. The molecule has 3 rings (SSSR count). The summed E-state index contributed by atoms with van der Waals surface area (Å²) < 4.78 is 0. The van der Waals surface area contributed by atoms with Crippen molar-refractivity contribution in [2.24, 2.45) is 11.7 Å². The first-order chi connectivity index (χ1) is 10.2. The predicted octanol–water partition coefficient (Wildman–Crippen LogP) is 2.97. The van der Waals surface area contributed by atoms with E-state index in [9.17, 15) is 4.79 Å². The minimum Gasteiger partial charge on any atom is -0.369 e. The highest BCUT2D eigenvalue weighted by atomic mass is 16.1. The van der Waals surface area contributed by atoms with Gasteiger partial charge in [-0.2, -0.15) is 0 Å². The molecule has 0 bridgehead atoms. The quantitative estimate of drug-likeness (QED) is 0.905. The highest BCUT2D eigenvalue weighted by Gasteiger charge is 2.24. The Bertz CT molecular complexity index is 625. The van der Waals surface area contributed by atoms with E-state index in [1.54, 1.807) is 0 Å². The van der Waals surface area contributed by atoms with Gasteiger partial charge in [-0.3, -0.25) is 4.79 Å². The van der Waals surface area contributed by atoms with E-state index in [-0.39, 0.29) is 11.8 Å². The van der Waals surface area contributed by atoms with E-state index in [0.717, 1.165) is 32.2 Å². The molecule has 0 heterocycles. The van der Waals surface area contributed by atoms with Crippen LogP contribution in [0.4, 0.5) is 0 Å². The molecule has 2 aromatic carbocycles. The number of benzene rings is 2. The maximum Gasteiger partial charge on any atom is 0.220 e. The molecular weight excluding hydrogens is 260 g/mol. The summed E-state index contributed by atoms with van der Waals surface area (Å²) in [5, 5.41) is 6.24. The van der Waals surface area contributed by atoms with Crippen molar-refractivity contribution in [3.8, 4) is 0 Å². The predicted molar refractivity (Wildman–Crippen MR) is 85.7 cm³/mol. The molecule has 110 valence electrons. The molecule has 3 N–H and O–H groups in total. The summed E-state index contributed by atoms with van der Waals surface area (Å²) in [5.41, 5.74) is 6.72. The second-order valence-corrected chi connectivity index (χ2v) is 5.97. The third kappa shape index (κ3) is 3.24. The third-order valence-electron chi connectivity index (χ3n) is 4.59. The van der Waals surface area contributed by atoms with Crippen molar-refractivity contribution in [1.29, 1.82) is 0 Å². The van der Waals surface area contributed by atoms with Crippen molar-refractivity contribution >= 4 is 16.7 Å². The van der Waals surface area contributed by atoms with Crippen molar-refractivity contribution in [3.63, 3.8) is 0 Å². The van der Waals surface area contributed by atoms with Crippen LogP contribution in [0.25, 0.3) is 10.8 Å². The van der Waals surface area contributed by atoms with Gasteiger partial charge in [-0.25, -0.2) is 0 Å². The summed E-state index contributed by atoms with van der Waals surface area (Å²) in [5.74, 6) is -0.0527. The van der Waals surface area contributed by atoms with Gasteiger partial charge in [0.05, 0.1) is 0 Å². The average molecular weight is 282 g/mol. The van der Waals surface area contributed by atoms with Crippen molar-refractivity contribution < 1.29 is 4.79 Å². The zero-order valence-electron chi connectivity index (χ0n) is 12.2. The van der Waals surface area contributed by atoms with Gasteiger partial charge in [0, 0.05) is 18.5 Å². The number of amides is 1. The number of primary amides is 1. The Labute approximate surface area is 125 Å². The van der Waals surface area contributed by atoms with Crippen molar-refractivity contribution in [2.75, 3.05) is 0 Å². The fraction of sp³-hybridized carbons (Fsp3) is 0.389. The normalized spacial score (nSPS) is 22.3. The van der Waals surface area contributed by atoms with Crippen LogP contribution >= 0.6 is 0 Å². The van der Waals surface area contributed by atoms with Gasteiger partial charge in [-0.1, -0.05) is 42.5 Å². The van der Waals surface area contributed by atoms with E-state index in [2.05, 4.69) is 47.8 Å². The Balaban J connectivity index is 1.61. The van der Waals surface area contributed by atoms with Crippen LogP contribution in [0.15, 0.2) is 42.5 Å². The number of carbonyl (C=O) groups is 1. The Morgan fingerprint density at radius 2 is 1.76 bits per heavy atom. The van der Waals surface area contributed by atoms with Crippen molar-refractivity contribution in [2.45, 2.75) is 38.3 Å². The van der Waals surface area contributed by atoms with E-state index in [4.69, 9.17) is 5.73 Å². The lowest BCUT2D eigenvalue weighted by molar-refractivity contribution is -0.122. The fourth-order valence-corrected chi connectivity index (χ4v) is 3.28. The van der Waals surface area contributed by atoms with E-state index in [1.165, 1.54) is 16.3 Å². The molecule has 1 aliphatic carbocycles. The molecule has 3 heteroatoms. The van der Waals surface area contributed by atoms with Gasteiger partial charge < -0.3 is 11.1 Å². The molecule has 21 heavy (non-hydrogen) atoms. The number of nitrogens with one attached hydrogen (secondary N) is 1. The maximum absolute atomic E-state index is 11.2. The standard InChI is InChI=1S/C18H22N2O/c19-18(21)14-8-10-16(11-9-14)20-12-15-6-3-5-13-4-1-2-7-17(13)15/h1-7,14,16,20H,8-12H2,(H2,19,21). The van der Waals surface area contributed by atoms with Crippen molar-refractivity contribution in [1.82, 2.24) is 5.32 Å². The lowest BCUT2D eigenvalue weighted by Gasteiger charge is -2.27. The maximum atomic E-state index is 11.2. The molecule has 3 nitrogen and oxygen atoms in total. The summed E-state index contributed by atoms with van der Waals surface area (Å²) in [6.45, 7) is 0.882.